The van der Waals surface area contributed by atoms with Crippen LogP contribution < -0.4 is 0 Å². The lowest BCUT2D eigenvalue weighted by Gasteiger charge is -1.97. The Hall–Kier alpha value is -2.17. The van der Waals surface area contributed by atoms with Crippen molar-refractivity contribution in [1.82, 2.24) is 9.78 Å². The van der Waals surface area contributed by atoms with Crippen LogP contribution in [0.5, 0.6) is 0 Å². The van der Waals surface area contributed by atoms with Gasteiger partial charge in [0.2, 0.25) is 0 Å². The molecule has 2 aromatic rings. The van der Waals surface area contributed by atoms with Gasteiger partial charge in [-0.05, 0) is 17.7 Å². The zero-order chi connectivity index (χ0) is 12.3. The SMILES string of the molecule is O=C(O)CCn1cc(-c2ccc(F)cc2)cn1. The predicted molar refractivity (Wildman–Crippen MR) is 59.9 cm³/mol. The zero-order valence-corrected chi connectivity index (χ0v) is 9.01. The molecular weight excluding hydrogens is 223 g/mol. The topological polar surface area (TPSA) is 55.1 Å². The third-order valence-electron chi connectivity index (χ3n) is 2.37. The Morgan fingerprint density at radius 2 is 2.00 bits per heavy atom. The van der Waals surface area contributed by atoms with Crippen LogP contribution in [0, 0.1) is 5.82 Å². The van der Waals surface area contributed by atoms with Crippen molar-refractivity contribution in [3.63, 3.8) is 0 Å². The van der Waals surface area contributed by atoms with Crippen LogP contribution in [0.15, 0.2) is 36.7 Å². The van der Waals surface area contributed by atoms with E-state index in [2.05, 4.69) is 5.10 Å². The van der Waals surface area contributed by atoms with Gasteiger partial charge in [0.15, 0.2) is 0 Å². The Kier molecular flexibility index (Phi) is 3.18. The summed E-state index contributed by atoms with van der Waals surface area (Å²) in [6.07, 6.45) is 3.41. The van der Waals surface area contributed by atoms with Gasteiger partial charge in [-0.2, -0.15) is 5.10 Å². The molecule has 0 amide bonds. The number of halogens is 1. The van der Waals surface area contributed by atoms with Crippen molar-refractivity contribution in [2.75, 3.05) is 0 Å². The molecule has 0 saturated heterocycles. The van der Waals surface area contributed by atoms with Crippen molar-refractivity contribution in [2.24, 2.45) is 0 Å². The fourth-order valence-corrected chi connectivity index (χ4v) is 1.49. The number of aryl methyl sites for hydroxylation is 1. The summed E-state index contributed by atoms with van der Waals surface area (Å²) < 4.78 is 14.3. The fourth-order valence-electron chi connectivity index (χ4n) is 1.49. The minimum absolute atomic E-state index is 0.0323. The van der Waals surface area contributed by atoms with Gasteiger partial charge in [0.25, 0.3) is 0 Å². The van der Waals surface area contributed by atoms with E-state index in [4.69, 9.17) is 5.11 Å². The fraction of sp³-hybridized carbons (Fsp3) is 0.167. The second-order valence-electron chi connectivity index (χ2n) is 3.64. The smallest absolute Gasteiger partial charge is 0.305 e. The maximum atomic E-state index is 12.7. The molecule has 0 radical (unpaired) electrons. The maximum Gasteiger partial charge on any atom is 0.305 e. The first-order valence-corrected chi connectivity index (χ1v) is 5.15. The Balaban J connectivity index is 2.12. The molecule has 0 aliphatic carbocycles. The summed E-state index contributed by atoms with van der Waals surface area (Å²) in [5.41, 5.74) is 1.70. The van der Waals surface area contributed by atoms with Crippen LogP contribution in [0.1, 0.15) is 6.42 Å². The predicted octanol–water partition coefficient (Wildman–Crippen LogP) is 2.16. The average molecular weight is 234 g/mol. The van der Waals surface area contributed by atoms with Gasteiger partial charge in [0, 0.05) is 11.8 Å². The van der Waals surface area contributed by atoms with Crippen LogP contribution in [-0.4, -0.2) is 20.9 Å². The second-order valence-corrected chi connectivity index (χ2v) is 3.64. The first kappa shape index (κ1) is 11.3. The lowest BCUT2D eigenvalue weighted by Crippen LogP contribution is -2.04. The summed E-state index contributed by atoms with van der Waals surface area (Å²) in [7, 11) is 0. The summed E-state index contributed by atoms with van der Waals surface area (Å²) in [5, 5.41) is 12.6. The standard InChI is InChI=1S/C12H11FN2O2/c13-11-3-1-9(2-4-11)10-7-14-15(8-10)6-5-12(16)17/h1-4,7-8H,5-6H2,(H,16,17). The number of hydrogen-bond donors (Lipinski definition) is 1. The number of aromatic nitrogens is 2. The van der Waals surface area contributed by atoms with Gasteiger partial charge in [-0.3, -0.25) is 9.48 Å². The molecule has 0 fully saturated rings. The first-order chi connectivity index (χ1) is 8.15. The van der Waals surface area contributed by atoms with Gasteiger partial charge in [0.1, 0.15) is 5.82 Å². The molecule has 2 rings (SSSR count). The molecule has 0 aliphatic heterocycles. The van der Waals surface area contributed by atoms with Crippen molar-refractivity contribution >= 4 is 5.97 Å². The molecule has 0 unspecified atom stereocenters. The van der Waals surface area contributed by atoms with E-state index in [1.807, 2.05) is 0 Å². The Morgan fingerprint density at radius 3 is 2.65 bits per heavy atom. The van der Waals surface area contributed by atoms with E-state index >= 15 is 0 Å². The molecule has 5 heteroatoms. The quantitative estimate of drug-likeness (QED) is 0.881. The third-order valence-corrected chi connectivity index (χ3v) is 2.37. The van der Waals surface area contributed by atoms with Crippen LogP contribution in [0.2, 0.25) is 0 Å². The van der Waals surface area contributed by atoms with Crippen LogP contribution in [0.4, 0.5) is 4.39 Å². The molecule has 1 aromatic heterocycles. The van der Waals surface area contributed by atoms with Crippen molar-refractivity contribution in [3.8, 4) is 11.1 Å². The summed E-state index contributed by atoms with van der Waals surface area (Å²) in [6, 6.07) is 6.08. The Labute approximate surface area is 97.3 Å². The van der Waals surface area contributed by atoms with Gasteiger partial charge in [-0.25, -0.2) is 4.39 Å². The van der Waals surface area contributed by atoms with Gasteiger partial charge >= 0.3 is 5.97 Å². The largest absolute Gasteiger partial charge is 0.481 e. The number of aliphatic carboxylic acids is 1. The molecule has 0 atom stereocenters. The molecule has 0 bridgehead atoms. The normalized spacial score (nSPS) is 10.4. The van der Waals surface area contributed by atoms with Crippen molar-refractivity contribution < 1.29 is 14.3 Å². The number of carboxylic acid groups (broad SMARTS) is 1. The van der Waals surface area contributed by atoms with E-state index in [9.17, 15) is 9.18 Å². The molecule has 17 heavy (non-hydrogen) atoms. The van der Waals surface area contributed by atoms with Crippen molar-refractivity contribution in [2.45, 2.75) is 13.0 Å². The van der Waals surface area contributed by atoms with Gasteiger partial charge < -0.3 is 5.11 Å². The highest BCUT2D eigenvalue weighted by Gasteiger charge is 2.03. The van der Waals surface area contributed by atoms with Crippen LogP contribution in [0.3, 0.4) is 0 Å². The zero-order valence-electron chi connectivity index (χ0n) is 9.01. The van der Waals surface area contributed by atoms with E-state index in [0.717, 1.165) is 11.1 Å². The van der Waals surface area contributed by atoms with Crippen LogP contribution >= 0.6 is 0 Å². The van der Waals surface area contributed by atoms with E-state index in [1.165, 1.54) is 12.1 Å². The molecular formula is C12H11FN2O2. The van der Waals surface area contributed by atoms with Crippen molar-refractivity contribution in [3.05, 3.63) is 42.5 Å². The average Bonchev–Trinajstić information content (AvgIpc) is 2.76. The molecule has 88 valence electrons. The molecule has 0 aliphatic rings. The Bertz CT molecular complexity index is 520. The van der Waals surface area contributed by atoms with Gasteiger partial charge in [-0.15, -0.1) is 0 Å². The number of nitrogens with zero attached hydrogens (tertiary/aromatic N) is 2. The lowest BCUT2D eigenvalue weighted by atomic mass is 10.1. The number of carbonyl (C=O) groups is 1. The molecule has 1 heterocycles. The number of hydrogen-bond acceptors (Lipinski definition) is 2. The van der Waals surface area contributed by atoms with Gasteiger partial charge in [-0.1, -0.05) is 12.1 Å². The lowest BCUT2D eigenvalue weighted by molar-refractivity contribution is -0.137. The summed E-state index contributed by atoms with van der Waals surface area (Å²) in [6.45, 7) is 0.330. The monoisotopic (exact) mass is 234 g/mol. The van der Waals surface area contributed by atoms with Crippen molar-refractivity contribution in [1.29, 1.82) is 0 Å². The number of carboxylic acids is 1. The molecule has 0 spiro atoms. The third kappa shape index (κ3) is 2.90. The Morgan fingerprint density at radius 1 is 1.29 bits per heavy atom. The molecule has 1 N–H and O–H groups in total. The number of benzene rings is 1. The van der Waals surface area contributed by atoms with Crippen LogP contribution in [0.25, 0.3) is 11.1 Å². The van der Waals surface area contributed by atoms with Crippen LogP contribution in [-0.2, 0) is 11.3 Å². The summed E-state index contributed by atoms with van der Waals surface area (Å²) in [5.74, 6) is -1.14. The number of rotatable bonds is 4. The first-order valence-electron chi connectivity index (χ1n) is 5.15. The second kappa shape index (κ2) is 4.78. The highest BCUT2D eigenvalue weighted by atomic mass is 19.1. The van der Waals surface area contributed by atoms with E-state index in [-0.39, 0.29) is 12.2 Å². The molecule has 0 saturated carbocycles. The maximum absolute atomic E-state index is 12.7. The molecule has 1 aromatic carbocycles. The van der Waals surface area contributed by atoms with E-state index < -0.39 is 5.97 Å². The molecule has 4 nitrogen and oxygen atoms in total. The highest BCUT2D eigenvalue weighted by Crippen LogP contribution is 2.18. The summed E-state index contributed by atoms with van der Waals surface area (Å²) in [4.78, 5) is 10.4. The summed E-state index contributed by atoms with van der Waals surface area (Å²) >= 11 is 0. The van der Waals surface area contributed by atoms with E-state index in [1.54, 1.807) is 29.2 Å². The minimum atomic E-state index is -0.858. The highest BCUT2D eigenvalue weighted by molar-refractivity contribution is 5.66. The van der Waals surface area contributed by atoms with E-state index in [0.29, 0.717) is 6.54 Å². The van der Waals surface area contributed by atoms with Gasteiger partial charge in [0.05, 0.1) is 19.2 Å². The minimum Gasteiger partial charge on any atom is -0.481 e.